The van der Waals surface area contributed by atoms with Gasteiger partial charge in [-0.2, -0.15) is 0 Å². The number of nitrogens with one attached hydrogen (secondary N) is 1. The highest BCUT2D eigenvalue weighted by Gasteiger charge is 2.14. The number of hydrogen-bond donors (Lipinski definition) is 1. The van der Waals surface area contributed by atoms with Crippen LogP contribution in [0.3, 0.4) is 0 Å². The van der Waals surface area contributed by atoms with Gasteiger partial charge in [0.1, 0.15) is 0 Å². The molecule has 2 aromatic rings. The summed E-state index contributed by atoms with van der Waals surface area (Å²) in [5, 5.41) is 3.69. The van der Waals surface area contributed by atoms with Gasteiger partial charge in [0, 0.05) is 27.8 Å². The SMILES string of the molecule is CC(C)(C)c1ccc(C(=O)NCCSc2ccc(Cl)cc2)cc1. The zero-order chi connectivity index (χ0) is 16.9. The molecule has 0 unspecified atom stereocenters. The molecule has 0 fully saturated rings. The van der Waals surface area contributed by atoms with Crippen LogP contribution < -0.4 is 5.32 Å². The molecule has 2 nitrogen and oxygen atoms in total. The van der Waals surface area contributed by atoms with Gasteiger partial charge in [-0.3, -0.25) is 4.79 Å². The van der Waals surface area contributed by atoms with Gasteiger partial charge in [-0.15, -0.1) is 11.8 Å². The van der Waals surface area contributed by atoms with E-state index in [2.05, 4.69) is 26.1 Å². The highest BCUT2D eigenvalue weighted by atomic mass is 35.5. The van der Waals surface area contributed by atoms with Crippen LogP contribution in [0.5, 0.6) is 0 Å². The monoisotopic (exact) mass is 347 g/mol. The summed E-state index contributed by atoms with van der Waals surface area (Å²) in [4.78, 5) is 13.3. The first-order chi connectivity index (χ1) is 10.9. The van der Waals surface area contributed by atoms with Crippen molar-refractivity contribution < 1.29 is 4.79 Å². The molecule has 122 valence electrons. The van der Waals surface area contributed by atoms with E-state index in [-0.39, 0.29) is 11.3 Å². The molecule has 0 radical (unpaired) electrons. The van der Waals surface area contributed by atoms with Crippen molar-refractivity contribution in [3.05, 3.63) is 64.7 Å². The highest BCUT2D eigenvalue weighted by Crippen LogP contribution is 2.22. The number of hydrogen-bond acceptors (Lipinski definition) is 2. The lowest BCUT2D eigenvalue weighted by molar-refractivity contribution is 0.0956. The van der Waals surface area contributed by atoms with Crippen LogP contribution >= 0.6 is 23.4 Å². The Labute approximate surface area is 147 Å². The Kier molecular flexibility index (Phi) is 6.14. The molecular weight excluding hydrogens is 326 g/mol. The molecule has 0 bridgehead atoms. The largest absolute Gasteiger partial charge is 0.351 e. The third kappa shape index (κ3) is 5.60. The van der Waals surface area contributed by atoms with Crippen molar-refractivity contribution in [2.75, 3.05) is 12.3 Å². The lowest BCUT2D eigenvalue weighted by atomic mass is 9.87. The fourth-order valence-corrected chi connectivity index (χ4v) is 2.98. The molecule has 0 aromatic heterocycles. The van der Waals surface area contributed by atoms with Crippen LogP contribution in [0.4, 0.5) is 0 Å². The zero-order valence-corrected chi connectivity index (χ0v) is 15.3. The maximum atomic E-state index is 12.1. The van der Waals surface area contributed by atoms with Crippen LogP contribution in [0, 0.1) is 0 Å². The minimum absolute atomic E-state index is 0.0258. The van der Waals surface area contributed by atoms with Crippen LogP contribution in [0.2, 0.25) is 5.02 Å². The summed E-state index contributed by atoms with van der Waals surface area (Å²) in [7, 11) is 0. The minimum Gasteiger partial charge on any atom is -0.351 e. The lowest BCUT2D eigenvalue weighted by Gasteiger charge is -2.19. The maximum absolute atomic E-state index is 12.1. The van der Waals surface area contributed by atoms with E-state index in [0.29, 0.717) is 12.1 Å². The Hall–Kier alpha value is -1.45. The number of thioether (sulfide) groups is 1. The molecule has 0 saturated heterocycles. The molecule has 4 heteroatoms. The third-order valence-corrected chi connectivity index (χ3v) is 4.75. The minimum atomic E-state index is -0.0258. The van der Waals surface area contributed by atoms with E-state index in [1.807, 2.05) is 48.5 Å². The first-order valence-electron chi connectivity index (χ1n) is 7.63. The molecule has 0 atom stereocenters. The molecule has 2 aromatic carbocycles. The summed E-state index contributed by atoms with van der Waals surface area (Å²) in [6.45, 7) is 7.12. The van der Waals surface area contributed by atoms with Crippen molar-refractivity contribution in [3.63, 3.8) is 0 Å². The van der Waals surface area contributed by atoms with E-state index >= 15 is 0 Å². The standard InChI is InChI=1S/C19H22ClNOS/c1-19(2,3)15-6-4-14(5-7-15)18(22)21-12-13-23-17-10-8-16(20)9-11-17/h4-11H,12-13H2,1-3H3,(H,21,22). The molecule has 0 saturated carbocycles. The first-order valence-corrected chi connectivity index (χ1v) is 9.00. The normalized spacial score (nSPS) is 11.3. The quantitative estimate of drug-likeness (QED) is 0.598. The molecule has 2 rings (SSSR count). The number of carbonyl (C=O) groups is 1. The van der Waals surface area contributed by atoms with Crippen molar-refractivity contribution in [1.82, 2.24) is 5.32 Å². The fraction of sp³-hybridized carbons (Fsp3) is 0.316. The molecule has 1 N–H and O–H groups in total. The average molecular weight is 348 g/mol. The average Bonchev–Trinajstić information content (AvgIpc) is 2.52. The van der Waals surface area contributed by atoms with Crippen LogP contribution in [0.1, 0.15) is 36.7 Å². The Balaban J connectivity index is 1.79. The topological polar surface area (TPSA) is 29.1 Å². The Morgan fingerprint density at radius 3 is 2.22 bits per heavy atom. The van der Waals surface area contributed by atoms with Crippen LogP contribution in [-0.4, -0.2) is 18.2 Å². The molecule has 0 heterocycles. The van der Waals surface area contributed by atoms with Gasteiger partial charge in [-0.1, -0.05) is 44.5 Å². The van der Waals surface area contributed by atoms with Crippen molar-refractivity contribution >= 4 is 29.3 Å². The van der Waals surface area contributed by atoms with Crippen molar-refractivity contribution in [2.45, 2.75) is 31.1 Å². The van der Waals surface area contributed by atoms with Gasteiger partial charge in [-0.05, 0) is 47.4 Å². The lowest BCUT2D eigenvalue weighted by Crippen LogP contribution is -2.25. The van der Waals surface area contributed by atoms with E-state index in [1.54, 1.807) is 11.8 Å². The predicted octanol–water partition coefficient (Wildman–Crippen LogP) is 5.16. The molecule has 1 amide bonds. The van der Waals surface area contributed by atoms with Gasteiger partial charge in [0.2, 0.25) is 0 Å². The number of rotatable bonds is 5. The van der Waals surface area contributed by atoms with Gasteiger partial charge in [0.25, 0.3) is 5.91 Å². The predicted molar refractivity (Wildman–Crippen MR) is 99.7 cm³/mol. The van der Waals surface area contributed by atoms with E-state index in [9.17, 15) is 4.79 Å². The zero-order valence-electron chi connectivity index (χ0n) is 13.7. The number of amides is 1. The second-order valence-electron chi connectivity index (χ2n) is 6.39. The fourth-order valence-electron chi connectivity index (χ4n) is 2.09. The van der Waals surface area contributed by atoms with Gasteiger partial charge < -0.3 is 5.32 Å². The van der Waals surface area contributed by atoms with E-state index in [1.165, 1.54) is 5.56 Å². The smallest absolute Gasteiger partial charge is 0.251 e. The molecule has 23 heavy (non-hydrogen) atoms. The number of halogens is 1. The summed E-state index contributed by atoms with van der Waals surface area (Å²) in [5.41, 5.74) is 2.03. The summed E-state index contributed by atoms with van der Waals surface area (Å²) >= 11 is 7.55. The molecule has 0 spiro atoms. The second-order valence-corrected chi connectivity index (χ2v) is 7.99. The molecule has 0 aliphatic rings. The Morgan fingerprint density at radius 1 is 1.04 bits per heavy atom. The summed E-state index contributed by atoms with van der Waals surface area (Å²) < 4.78 is 0. The van der Waals surface area contributed by atoms with Crippen molar-refractivity contribution in [1.29, 1.82) is 0 Å². The van der Waals surface area contributed by atoms with Crippen LogP contribution in [-0.2, 0) is 5.41 Å². The van der Waals surface area contributed by atoms with E-state index in [0.717, 1.165) is 15.7 Å². The maximum Gasteiger partial charge on any atom is 0.251 e. The number of carbonyl (C=O) groups excluding carboxylic acids is 1. The first kappa shape index (κ1) is 17.9. The summed E-state index contributed by atoms with van der Waals surface area (Å²) in [5.74, 6) is 0.801. The number of benzene rings is 2. The van der Waals surface area contributed by atoms with Crippen LogP contribution in [0.15, 0.2) is 53.4 Å². The molecule has 0 aliphatic heterocycles. The van der Waals surface area contributed by atoms with E-state index in [4.69, 9.17) is 11.6 Å². The Bertz CT molecular complexity index is 645. The highest BCUT2D eigenvalue weighted by molar-refractivity contribution is 7.99. The van der Waals surface area contributed by atoms with Gasteiger partial charge in [-0.25, -0.2) is 0 Å². The van der Waals surface area contributed by atoms with Gasteiger partial charge >= 0.3 is 0 Å². The summed E-state index contributed by atoms with van der Waals surface area (Å²) in [6, 6.07) is 15.6. The third-order valence-electron chi connectivity index (χ3n) is 3.48. The second kappa shape index (κ2) is 7.89. The van der Waals surface area contributed by atoms with Crippen molar-refractivity contribution in [3.8, 4) is 0 Å². The molecular formula is C19H22ClNOS. The summed E-state index contributed by atoms with van der Waals surface area (Å²) in [6.07, 6.45) is 0. The molecule has 0 aliphatic carbocycles. The van der Waals surface area contributed by atoms with Crippen LogP contribution in [0.25, 0.3) is 0 Å². The van der Waals surface area contributed by atoms with Crippen molar-refractivity contribution in [2.24, 2.45) is 0 Å². The Morgan fingerprint density at radius 2 is 1.65 bits per heavy atom. The van der Waals surface area contributed by atoms with Gasteiger partial charge in [0.05, 0.1) is 0 Å². The van der Waals surface area contributed by atoms with E-state index < -0.39 is 0 Å². The van der Waals surface area contributed by atoms with Gasteiger partial charge in [0.15, 0.2) is 0 Å².